The van der Waals surface area contributed by atoms with Gasteiger partial charge in [-0.3, -0.25) is 9.59 Å². The third-order valence-corrected chi connectivity index (χ3v) is 9.78. The van der Waals surface area contributed by atoms with Crippen LogP contribution in [0.5, 0.6) is 5.75 Å². The SMILES string of the molecule is C=CN(c1ccc(C(=O)NC(C)c2ccc(N3CCN(C)CC3)cc2)cn1)C1CCC(NC(=O)c2ccc3c(c2C)OCCC3)C1. The van der Waals surface area contributed by atoms with Gasteiger partial charge in [0.05, 0.1) is 18.2 Å². The molecule has 1 aromatic heterocycles. The summed E-state index contributed by atoms with van der Waals surface area (Å²) in [5, 5.41) is 6.36. The first-order valence-corrected chi connectivity index (χ1v) is 16.6. The molecule has 2 N–H and O–H groups in total. The molecule has 9 heteroatoms. The average molecular weight is 623 g/mol. The van der Waals surface area contributed by atoms with E-state index in [0.29, 0.717) is 17.7 Å². The quantitative estimate of drug-likeness (QED) is 0.337. The molecule has 2 aliphatic heterocycles. The normalized spacial score (nSPS) is 20.3. The minimum atomic E-state index is -0.161. The number of aryl methyl sites for hydroxylation is 1. The molecule has 0 radical (unpaired) electrons. The summed E-state index contributed by atoms with van der Waals surface area (Å²) in [5.74, 6) is 1.39. The molecule has 6 rings (SSSR count). The van der Waals surface area contributed by atoms with Crippen LogP contribution in [0, 0.1) is 6.92 Å². The van der Waals surface area contributed by atoms with Crippen LogP contribution in [0.15, 0.2) is 67.5 Å². The number of benzene rings is 2. The van der Waals surface area contributed by atoms with E-state index in [4.69, 9.17) is 4.74 Å². The van der Waals surface area contributed by atoms with Gasteiger partial charge in [-0.2, -0.15) is 0 Å². The zero-order valence-corrected chi connectivity index (χ0v) is 27.3. The minimum absolute atomic E-state index is 0.0541. The molecule has 3 heterocycles. The van der Waals surface area contributed by atoms with E-state index < -0.39 is 0 Å². The molecule has 3 unspecified atom stereocenters. The van der Waals surface area contributed by atoms with E-state index in [9.17, 15) is 9.59 Å². The highest BCUT2D eigenvalue weighted by Gasteiger charge is 2.31. The number of rotatable bonds is 9. The third kappa shape index (κ3) is 6.89. The lowest BCUT2D eigenvalue weighted by atomic mass is 9.98. The first kappa shape index (κ1) is 31.6. The van der Waals surface area contributed by atoms with Crippen LogP contribution in [0.25, 0.3) is 0 Å². The van der Waals surface area contributed by atoms with Crippen LogP contribution in [0.3, 0.4) is 0 Å². The van der Waals surface area contributed by atoms with Crippen molar-refractivity contribution in [1.29, 1.82) is 0 Å². The molecular weight excluding hydrogens is 576 g/mol. The molecule has 3 atom stereocenters. The first-order chi connectivity index (χ1) is 22.3. The molecule has 3 aliphatic rings. The Morgan fingerprint density at radius 3 is 2.54 bits per heavy atom. The van der Waals surface area contributed by atoms with Crippen LogP contribution in [0.2, 0.25) is 0 Å². The number of nitrogens with one attached hydrogen (secondary N) is 2. The Balaban J connectivity index is 1.02. The summed E-state index contributed by atoms with van der Waals surface area (Å²) in [7, 11) is 2.16. The number of aromatic nitrogens is 1. The number of carbonyl (C=O) groups excluding carboxylic acids is 2. The van der Waals surface area contributed by atoms with Crippen molar-refractivity contribution in [3.05, 3.63) is 95.3 Å². The van der Waals surface area contributed by atoms with Crippen molar-refractivity contribution in [2.75, 3.05) is 49.6 Å². The first-order valence-electron chi connectivity index (χ1n) is 16.6. The number of ether oxygens (including phenoxy) is 1. The summed E-state index contributed by atoms with van der Waals surface area (Å²) in [5.41, 5.74) is 5.56. The van der Waals surface area contributed by atoms with Crippen LogP contribution in [-0.4, -0.2) is 73.6 Å². The number of hydrogen-bond donors (Lipinski definition) is 2. The third-order valence-electron chi connectivity index (χ3n) is 9.78. The largest absolute Gasteiger partial charge is 0.493 e. The zero-order valence-electron chi connectivity index (χ0n) is 27.3. The number of carbonyl (C=O) groups is 2. The Morgan fingerprint density at radius 1 is 1.04 bits per heavy atom. The molecule has 2 aromatic carbocycles. The van der Waals surface area contributed by atoms with Crippen LogP contribution in [-0.2, 0) is 6.42 Å². The maximum atomic E-state index is 13.2. The maximum Gasteiger partial charge on any atom is 0.253 e. The second kappa shape index (κ2) is 14.0. The van der Waals surface area contributed by atoms with Crippen LogP contribution in [0.1, 0.15) is 76.1 Å². The summed E-state index contributed by atoms with van der Waals surface area (Å²) in [6, 6.07) is 16.2. The van der Waals surface area contributed by atoms with Crippen LogP contribution < -0.4 is 25.2 Å². The van der Waals surface area contributed by atoms with Gasteiger partial charge in [-0.15, -0.1) is 0 Å². The van der Waals surface area contributed by atoms with Gasteiger partial charge in [0.2, 0.25) is 0 Å². The number of amides is 2. The van der Waals surface area contributed by atoms with Crippen LogP contribution >= 0.6 is 0 Å². The highest BCUT2D eigenvalue weighted by atomic mass is 16.5. The van der Waals surface area contributed by atoms with Crippen molar-refractivity contribution >= 4 is 23.3 Å². The number of piperazine rings is 1. The Labute approximate surface area is 272 Å². The van der Waals surface area contributed by atoms with Crippen molar-refractivity contribution in [2.24, 2.45) is 0 Å². The van der Waals surface area contributed by atoms with E-state index in [2.05, 4.69) is 68.2 Å². The maximum absolute atomic E-state index is 13.2. The molecule has 9 nitrogen and oxygen atoms in total. The van der Waals surface area contributed by atoms with E-state index in [1.807, 2.05) is 38.1 Å². The lowest BCUT2D eigenvalue weighted by molar-refractivity contribution is 0.0929. The lowest BCUT2D eigenvalue weighted by Gasteiger charge is -2.34. The fourth-order valence-corrected chi connectivity index (χ4v) is 6.94. The Morgan fingerprint density at radius 2 is 1.83 bits per heavy atom. The summed E-state index contributed by atoms with van der Waals surface area (Å²) in [6.45, 7) is 12.9. The number of pyridine rings is 1. The molecule has 1 aliphatic carbocycles. The van der Waals surface area contributed by atoms with Gasteiger partial charge >= 0.3 is 0 Å². The van der Waals surface area contributed by atoms with Crippen molar-refractivity contribution in [1.82, 2.24) is 20.5 Å². The summed E-state index contributed by atoms with van der Waals surface area (Å²) >= 11 is 0. The molecule has 46 heavy (non-hydrogen) atoms. The van der Waals surface area contributed by atoms with Gasteiger partial charge in [-0.05, 0) is 101 Å². The molecule has 3 aromatic rings. The molecule has 2 fully saturated rings. The Bertz CT molecular complexity index is 1550. The average Bonchev–Trinajstić information content (AvgIpc) is 3.53. The van der Waals surface area contributed by atoms with Crippen molar-refractivity contribution < 1.29 is 14.3 Å². The fourth-order valence-electron chi connectivity index (χ4n) is 6.94. The monoisotopic (exact) mass is 622 g/mol. The summed E-state index contributed by atoms with van der Waals surface area (Å²) in [6.07, 6.45) is 7.97. The molecule has 242 valence electrons. The fraction of sp³-hybridized carbons (Fsp3) is 0.432. The van der Waals surface area contributed by atoms with Gasteiger partial charge in [0.15, 0.2) is 0 Å². The summed E-state index contributed by atoms with van der Waals surface area (Å²) < 4.78 is 5.88. The highest BCUT2D eigenvalue weighted by molar-refractivity contribution is 5.96. The number of anilines is 2. The van der Waals surface area contributed by atoms with Gasteiger partial charge in [0.25, 0.3) is 11.8 Å². The Kier molecular flexibility index (Phi) is 9.59. The molecule has 0 bridgehead atoms. The van der Waals surface area contributed by atoms with E-state index in [-0.39, 0.29) is 29.9 Å². The van der Waals surface area contributed by atoms with E-state index in [1.165, 1.54) is 11.3 Å². The van der Waals surface area contributed by atoms with Gasteiger partial charge in [-0.25, -0.2) is 4.98 Å². The number of likely N-dealkylation sites (N-methyl/N-ethyl adjacent to an activating group) is 1. The number of fused-ring (bicyclic) bond motifs is 1. The van der Waals surface area contributed by atoms with Crippen LogP contribution in [0.4, 0.5) is 11.5 Å². The van der Waals surface area contributed by atoms with E-state index in [1.54, 1.807) is 12.4 Å². The second-order valence-electron chi connectivity index (χ2n) is 12.9. The zero-order chi connectivity index (χ0) is 32.2. The molecule has 1 saturated heterocycles. The smallest absolute Gasteiger partial charge is 0.253 e. The van der Waals surface area contributed by atoms with Gasteiger partial charge in [0, 0.05) is 61.3 Å². The topological polar surface area (TPSA) is 90.0 Å². The predicted octanol–water partition coefficient (Wildman–Crippen LogP) is 5.26. The van der Waals surface area contributed by atoms with Crippen molar-refractivity contribution in [2.45, 2.75) is 64.1 Å². The van der Waals surface area contributed by atoms with E-state index in [0.717, 1.165) is 81.0 Å². The molecule has 0 spiro atoms. The van der Waals surface area contributed by atoms with Crippen molar-refractivity contribution in [3.63, 3.8) is 0 Å². The number of hydrogen-bond acceptors (Lipinski definition) is 7. The summed E-state index contributed by atoms with van der Waals surface area (Å²) in [4.78, 5) is 37.8. The van der Waals surface area contributed by atoms with E-state index >= 15 is 0 Å². The molecule has 1 saturated carbocycles. The highest BCUT2D eigenvalue weighted by Crippen LogP contribution is 2.32. The lowest BCUT2D eigenvalue weighted by Crippen LogP contribution is -2.44. The second-order valence-corrected chi connectivity index (χ2v) is 12.9. The minimum Gasteiger partial charge on any atom is -0.493 e. The Hall–Kier alpha value is -4.37. The van der Waals surface area contributed by atoms with Gasteiger partial charge in [0.1, 0.15) is 11.6 Å². The van der Waals surface area contributed by atoms with Gasteiger partial charge < -0.3 is 30.1 Å². The van der Waals surface area contributed by atoms with Gasteiger partial charge in [-0.1, -0.05) is 24.8 Å². The molecule has 2 amide bonds. The standard InChI is InChI=1S/C37H46N6O3/c1-5-43(32-15-12-30(23-32)40-37(45)33-16-10-28-7-6-22-46-35(28)25(33)2)34-17-11-29(24-38-34)36(44)39-26(3)27-8-13-31(14-9-27)42-20-18-41(4)19-21-42/h5,8-11,13-14,16-17,24,26,30,32H,1,6-7,12,15,18-23H2,2-4H3,(H,39,44)(H,40,45). The van der Waals surface area contributed by atoms with Crippen molar-refractivity contribution in [3.8, 4) is 5.75 Å². The molecular formula is C37H46N6O3. The number of nitrogens with zero attached hydrogens (tertiary/aromatic N) is 4. The predicted molar refractivity (Wildman–Crippen MR) is 183 cm³/mol.